The second kappa shape index (κ2) is 5.33. The van der Waals surface area contributed by atoms with Crippen LogP contribution in [0.4, 0.5) is 11.5 Å². The molecular weight excluding hydrogens is 218 g/mol. The molecule has 0 radical (unpaired) electrons. The minimum Gasteiger partial charge on any atom is -0.384 e. The summed E-state index contributed by atoms with van der Waals surface area (Å²) in [5, 5.41) is 0. The fourth-order valence-corrected chi connectivity index (χ4v) is 1.82. The molecule has 1 fully saturated rings. The molecule has 2 rings (SSSR count). The molecule has 1 unspecified atom stereocenters. The molecule has 17 heavy (non-hydrogen) atoms. The van der Waals surface area contributed by atoms with Crippen molar-refractivity contribution >= 4 is 11.5 Å². The van der Waals surface area contributed by atoms with Crippen LogP contribution in [0.1, 0.15) is 13.8 Å². The highest BCUT2D eigenvalue weighted by atomic mass is 16.7. The minimum absolute atomic E-state index is 0.165. The monoisotopic (exact) mass is 237 g/mol. The lowest BCUT2D eigenvalue weighted by atomic mass is 10.3. The van der Waals surface area contributed by atoms with Crippen molar-refractivity contribution in [2.24, 2.45) is 0 Å². The van der Waals surface area contributed by atoms with E-state index in [1.807, 2.05) is 26.0 Å². The van der Waals surface area contributed by atoms with Crippen LogP contribution in [0.3, 0.4) is 0 Å². The summed E-state index contributed by atoms with van der Waals surface area (Å²) in [6.45, 7) is 6.26. The fraction of sp³-hybridized carbons (Fsp3) is 0.583. The van der Waals surface area contributed by atoms with Crippen molar-refractivity contribution in [3.63, 3.8) is 0 Å². The van der Waals surface area contributed by atoms with Crippen molar-refractivity contribution in [2.45, 2.75) is 26.2 Å². The van der Waals surface area contributed by atoms with Crippen LogP contribution in [-0.4, -0.2) is 37.1 Å². The maximum absolute atomic E-state index is 5.66. The van der Waals surface area contributed by atoms with Gasteiger partial charge >= 0.3 is 0 Å². The van der Waals surface area contributed by atoms with Gasteiger partial charge in [-0.1, -0.05) is 0 Å². The Bertz CT molecular complexity index is 353. The minimum atomic E-state index is -0.165. The van der Waals surface area contributed by atoms with Gasteiger partial charge in [0, 0.05) is 6.54 Å². The van der Waals surface area contributed by atoms with E-state index in [0.29, 0.717) is 12.4 Å². The molecule has 1 atom stereocenters. The van der Waals surface area contributed by atoms with Gasteiger partial charge in [0.25, 0.3) is 0 Å². The quantitative estimate of drug-likeness (QED) is 0.857. The number of pyridine rings is 1. The molecule has 1 aromatic heterocycles. The maximum atomic E-state index is 5.66. The second-order valence-electron chi connectivity index (χ2n) is 4.37. The first kappa shape index (κ1) is 12.1. The molecule has 1 saturated heterocycles. The summed E-state index contributed by atoms with van der Waals surface area (Å²) < 4.78 is 11.2. The van der Waals surface area contributed by atoms with Crippen molar-refractivity contribution in [3.05, 3.63) is 18.3 Å². The number of morpholine rings is 1. The zero-order valence-electron chi connectivity index (χ0n) is 10.3. The summed E-state index contributed by atoms with van der Waals surface area (Å²) in [6.07, 6.45) is 1.79. The van der Waals surface area contributed by atoms with Gasteiger partial charge in [-0.2, -0.15) is 0 Å². The zero-order chi connectivity index (χ0) is 12.3. The molecule has 0 bridgehead atoms. The van der Waals surface area contributed by atoms with Gasteiger partial charge in [-0.25, -0.2) is 4.98 Å². The van der Waals surface area contributed by atoms with Crippen LogP contribution in [0, 0.1) is 0 Å². The van der Waals surface area contributed by atoms with E-state index in [9.17, 15) is 0 Å². The van der Waals surface area contributed by atoms with Crippen molar-refractivity contribution in [1.29, 1.82) is 0 Å². The molecule has 0 amide bonds. The van der Waals surface area contributed by atoms with Crippen LogP contribution >= 0.6 is 0 Å². The summed E-state index contributed by atoms with van der Waals surface area (Å²) in [5.74, 6) is 0.539. The van der Waals surface area contributed by atoms with Crippen LogP contribution in [-0.2, 0) is 9.47 Å². The summed E-state index contributed by atoms with van der Waals surface area (Å²) in [5.41, 5.74) is 6.63. The Morgan fingerprint density at radius 2 is 2.35 bits per heavy atom. The predicted octanol–water partition coefficient (Wildman–Crippen LogP) is 1.25. The molecule has 5 nitrogen and oxygen atoms in total. The molecule has 2 N–H and O–H groups in total. The number of hydrogen-bond donors (Lipinski definition) is 1. The summed E-state index contributed by atoms with van der Waals surface area (Å²) in [6, 6.07) is 3.78. The summed E-state index contributed by atoms with van der Waals surface area (Å²) >= 11 is 0. The van der Waals surface area contributed by atoms with Crippen LogP contribution in [0.25, 0.3) is 0 Å². The van der Waals surface area contributed by atoms with Crippen molar-refractivity contribution < 1.29 is 9.47 Å². The SMILES string of the molecule is CC(C)OC1CN(c2ccc(N)nc2)CCO1. The largest absolute Gasteiger partial charge is 0.384 e. The molecule has 0 aliphatic carbocycles. The standard InChI is InChI=1S/C12H19N3O2/c1-9(2)17-12-8-15(5-6-16-12)10-3-4-11(13)14-7-10/h3-4,7,9,12H,5-6,8H2,1-2H3,(H2,13,14). The number of nitrogen functional groups attached to an aromatic ring is 1. The lowest BCUT2D eigenvalue weighted by molar-refractivity contribution is -0.165. The molecule has 1 aliphatic rings. The average molecular weight is 237 g/mol. The summed E-state index contributed by atoms with van der Waals surface area (Å²) in [7, 11) is 0. The average Bonchev–Trinajstić information content (AvgIpc) is 2.29. The van der Waals surface area contributed by atoms with Crippen LogP contribution in [0.5, 0.6) is 0 Å². The highest BCUT2D eigenvalue weighted by molar-refractivity contribution is 5.48. The van der Waals surface area contributed by atoms with Gasteiger partial charge < -0.3 is 20.1 Å². The van der Waals surface area contributed by atoms with Crippen molar-refractivity contribution in [3.8, 4) is 0 Å². The van der Waals surface area contributed by atoms with E-state index >= 15 is 0 Å². The van der Waals surface area contributed by atoms with Gasteiger partial charge in [0.1, 0.15) is 5.82 Å². The molecule has 5 heteroatoms. The Morgan fingerprint density at radius 1 is 1.53 bits per heavy atom. The van der Waals surface area contributed by atoms with Gasteiger partial charge in [0.05, 0.1) is 31.1 Å². The van der Waals surface area contributed by atoms with E-state index in [0.717, 1.165) is 18.8 Å². The topological polar surface area (TPSA) is 60.6 Å². The van der Waals surface area contributed by atoms with E-state index in [2.05, 4.69) is 9.88 Å². The Kier molecular flexibility index (Phi) is 3.81. The number of nitrogens with zero attached hydrogens (tertiary/aromatic N) is 2. The first-order chi connectivity index (χ1) is 8.15. The molecule has 2 heterocycles. The zero-order valence-corrected chi connectivity index (χ0v) is 10.3. The fourth-order valence-electron chi connectivity index (χ4n) is 1.82. The Hall–Kier alpha value is -1.33. The smallest absolute Gasteiger partial charge is 0.175 e. The van der Waals surface area contributed by atoms with Crippen LogP contribution in [0.2, 0.25) is 0 Å². The highest BCUT2D eigenvalue weighted by Crippen LogP contribution is 2.18. The van der Waals surface area contributed by atoms with Gasteiger partial charge in [-0.05, 0) is 26.0 Å². The van der Waals surface area contributed by atoms with Gasteiger partial charge in [0.2, 0.25) is 0 Å². The van der Waals surface area contributed by atoms with Crippen molar-refractivity contribution in [1.82, 2.24) is 4.98 Å². The third kappa shape index (κ3) is 3.31. The third-order valence-electron chi connectivity index (χ3n) is 2.59. The number of anilines is 2. The van der Waals surface area contributed by atoms with Crippen LogP contribution in [0.15, 0.2) is 18.3 Å². The van der Waals surface area contributed by atoms with Crippen LogP contribution < -0.4 is 10.6 Å². The Balaban J connectivity index is 1.99. The first-order valence-electron chi connectivity index (χ1n) is 5.88. The number of hydrogen-bond acceptors (Lipinski definition) is 5. The lowest BCUT2D eigenvalue weighted by Gasteiger charge is -2.34. The van der Waals surface area contributed by atoms with E-state index < -0.39 is 0 Å². The normalized spacial score (nSPS) is 20.9. The number of rotatable bonds is 3. The molecule has 0 saturated carbocycles. The lowest BCUT2D eigenvalue weighted by Crippen LogP contribution is -2.44. The van der Waals surface area contributed by atoms with Gasteiger partial charge in [-0.15, -0.1) is 0 Å². The van der Waals surface area contributed by atoms with E-state index in [-0.39, 0.29) is 12.4 Å². The van der Waals surface area contributed by atoms with Gasteiger partial charge in [-0.3, -0.25) is 0 Å². The predicted molar refractivity (Wildman–Crippen MR) is 66.8 cm³/mol. The van der Waals surface area contributed by atoms with Gasteiger partial charge in [0.15, 0.2) is 6.29 Å². The first-order valence-corrected chi connectivity index (χ1v) is 5.88. The number of aromatic nitrogens is 1. The highest BCUT2D eigenvalue weighted by Gasteiger charge is 2.22. The van der Waals surface area contributed by atoms with E-state index in [4.69, 9.17) is 15.2 Å². The molecule has 0 spiro atoms. The third-order valence-corrected chi connectivity index (χ3v) is 2.59. The summed E-state index contributed by atoms with van der Waals surface area (Å²) in [4.78, 5) is 6.29. The Labute approximate surface area is 102 Å². The molecule has 1 aromatic rings. The second-order valence-corrected chi connectivity index (χ2v) is 4.37. The van der Waals surface area contributed by atoms with E-state index in [1.54, 1.807) is 6.20 Å². The maximum Gasteiger partial charge on any atom is 0.175 e. The van der Waals surface area contributed by atoms with Crippen molar-refractivity contribution in [2.75, 3.05) is 30.3 Å². The Morgan fingerprint density at radius 3 is 3.00 bits per heavy atom. The van der Waals surface area contributed by atoms with E-state index in [1.165, 1.54) is 0 Å². The molecule has 1 aliphatic heterocycles. The molecule has 0 aromatic carbocycles. The molecule has 94 valence electrons. The molecular formula is C12H19N3O2. The number of ether oxygens (including phenoxy) is 2. The number of nitrogens with two attached hydrogens (primary N) is 1.